The lowest BCUT2D eigenvalue weighted by molar-refractivity contribution is 0.122. The topological polar surface area (TPSA) is 45.6 Å². The third kappa shape index (κ3) is 4.49. The number of ether oxygens (including phenoxy) is 1. The summed E-state index contributed by atoms with van der Waals surface area (Å²) < 4.78 is 7.80. The summed E-state index contributed by atoms with van der Waals surface area (Å²) in [6, 6.07) is 25.5. The van der Waals surface area contributed by atoms with Gasteiger partial charge in [0.2, 0.25) is 0 Å². The highest BCUT2D eigenvalue weighted by Gasteiger charge is 2.42. The normalized spacial score (nSPS) is 19.8. The quantitative estimate of drug-likeness (QED) is 0.358. The zero-order valence-corrected chi connectivity index (χ0v) is 22.0. The molecular weight excluding hydrogens is 478 g/mol. The highest BCUT2D eigenvalue weighted by molar-refractivity contribution is 7.80. The van der Waals surface area contributed by atoms with Crippen LogP contribution in [0.5, 0.6) is 0 Å². The lowest BCUT2D eigenvalue weighted by Gasteiger charge is -2.31. The van der Waals surface area contributed by atoms with E-state index in [0.29, 0.717) is 5.11 Å². The number of hydrogen-bond donors (Lipinski definition) is 1. The summed E-state index contributed by atoms with van der Waals surface area (Å²) in [4.78, 5) is 9.32. The van der Waals surface area contributed by atoms with Gasteiger partial charge in [0.1, 0.15) is 6.04 Å². The van der Waals surface area contributed by atoms with Crippen molar-refractivity contribution in [3.8, 4) is 5.69 Å². The first-order valence-electron chi connectivity index (χ1n) is 12.8. The van der Waals surface area contributed by atoms with Gasteiger partial charge in [0.05, 0.1) is 24.9 Å². The van der Waals surface area contributed by atoms with E-state index in [9.17, 15) is 0 Å². The van der Waals surface area contributed by atoms with Gasteiger partial charge in [-0.3, -0.25) is 4.98 Å². The van der Waals surface area contributed by atoms with E-state index in [1.807, 2.05) is 18.3 Å². The molecule has 4 heterocycles. The minimum atomic E-state index is -0.0900. The molecule has 2 fully saturated rings. The summed E-state index contributed by atoms with van der Waals surface area (Å²) >= 11 is 5.96. The summed E-state index contributed by atoms with van der Waals surface area (Å²) in [6.45, 7) is 7.67. The Morgan fingerprint density at radius 3 is 2.35 bits per heavy atom. The van der Waals surface area contributed by atoms with Gasteiger partial charge in [0, 0.05) is 48.2 Å². The zero-order chi connectivity index (χ0) is 25.4. The van der Waals surface area contributed by atoms with Crippen LogP contribution in [0.15, 0.2) is 85.2 Å². The van der Waals surface area contributed by atoms with Crippen LogP contribution in [0.1, 0.15) is 34.6 Å². The number of benzene rings is 2. The molecule has 0 spiro atoms. The molecule has 0 unspecified atom stereocenters. The minimum Gasteiger partial charge on any atom is -0.378 e. The predicted octanol–water partition coefficient (Wildman–Crippen LogP) is 5.50. The highest BCUT2D eigenvalue weighted by Crippen LogP contribution is 2.42. The molecule has 2 saturated heterocycles. The van der Waals surface area contributed by atoms with Crippen molar-refractivity contribution >= 4 is 28.7 Å². The molecule has 188 valence electrons. The SMILES string of the molecule is Cc1ccc(-n2cccc2[C@H]2[C@H](c3ccccn3)NC(=S)N2c2ccc(N3CCOCC3)cc2)cc1C. The fraction of sp³-hybridized carbons (Fsp3) is 0.267. The third-order valence-electron chi connectivity index (χ3n) is 7.45. The molecule has 2 aromatic heterocycles. The molecule has 2 atom stereocenters. The summed E-state index contributed by atoms with van der Waals surface area (Å²) in [6.07, 6.45) is 3.98. The average molecular weight is 510 g/mol. The summed E-state index contributed by atoms with van der Waals surface area (Å²) in [7, 11) is 0. The lowest BCUT2D eigenvalue weighted by atomic mass is 10.0. The van der Waals surface area contributed by atoms with Crippen molar-refractivity contribution in [2.75, 3.05) is 36.1 Å². The van der Waals surface area contributed by atoms with E-state index in [-0.39, 0.29) is 12.1 Å². The number of aryl methyl sites for hydroxylation is 2. The molecule has 2 aliphatic heterocycles. The Bertz CT molecular complexity index is 1400. The second-order valence-corrected chi connectivity index (χ2v) is 10.1. The molecule has 6 nitrogen and oxygen atoms in total. The fourth-order valence-corrected chi connectivity index (χ4v) is 5.67. The molecule has 2 aliphatic rings. The van der Waals surface area contributed by atoms with Crippen molar-refractivity contribution < 1.29 is 4.74 Å². The van der Waals surface area contributed by atoms with Gasteiger partial charge >= 0.3 is 0 Å². The van der Waals surface area contributed by atoms with E-state index in [1.54, 1.807) is 0 Å². The van der Waals surface area contributed by atoms with Crippen LogP contribution in [0.4, 0.5) is 11.4 Å². The third-order valence-corrected chi connectivity index (χ3v) is 7.77. The Hall–Kier alpha value is -3.68. The van der Waals surface area contributed by atoms with Crippen LogP contribution in [0.25, 0.3) is 5.69 Å². The fourth-order valence-electron chi connectivity index (χ4n) is 5.32. The van der Waals surface area contributed by atoms with Crippen molar-refractivity contribution in [1.82, 2.24) is 14.9 Å². The van der Waals surface area contributed by atoms with Crippen LogP contribution in [0.3, 0.4) is 0 Å². The van der Waals surface area contributed by atoms with Crippen LogP contribution in [0.2, 0.25) is 0 Å². The van der Waals surface area contributed by atoms with Crippen LogP contribution >= 0.6 is 12.2 Å². The molecule has 0 amide bonds. The van der Waals surface area contributed by atoms with Crippen molar-refractivity contribution in [2.24, 2.45) is 0 Å². The number of nitrogens with zero attached hydrogens (tertiary/aromatic N) is 4. The maximum Gasteiger partial charge on any atom is 0.174 e. The van der Waals surface area contributed by atoms with E-state index in [2.05, 4.69) is 100 Å². The number of rotatable bonds is 5. The first-order valence-corrected chi connectivity index (χ1v) is 13.2. The number of pyridine rings is 1. The Morgan fingerprint density at radius 1 is 0.865 bits per heavy atom. The standard InChI is InChI=1S/C30H31N5OS/c1-21-8-9-25(20-22(21)2)34-15-5-7-27(34)29-28(26-6-3-4-14-31-26)32-30(37)35(29)24-12-10-23(11-13-24)33-16-18-36-19-17-33/h3-15,20,28-29H,16-19H2,1-2H3,(H,32,37)/t28-,29-/m0/s1. The van der Waals surface area contributed by atoms with E-state index in [4.69, 9.17) is 21.9 Å². The van der Waals surface area contributed by atoms with Gasteiger partial charge in [-0.05, 0) is 97.9 Å². The minimum absolute atomic E-state index is 0.0757. The summed E-state index contributed by atoms with van der Waals surface area (Å²) in [5, 5.41) is 4.29. The van der Waals surface area contributed by atoms with Gasteiger partial charge in [-0.25, -0.2) is 0 Å². The molecule has 7 heteroatoms. The Kier molecular flexibility index (Phi) is 6.40. The van der Waals surface area contributed by atoms with Crippen molar-refractivity contribution in [1.29, 1.82) is 0 Å². The van der Waals surface area contributed by atoms with Crippen molar-refractivity contribution in [2.45, 2.75) is 25.9 Å². The van der Waals surface area contributed by atoms with Gasteiger partial charge in [-0.15, -0.1) is 0 Å². The molecule has 0 bridgehead atoms. The Balaban J connectivity index is 1.42. The largest absolute Gasteiger partial charge is 0.378 e. The number of thiocarbonyl (C=S) groups is 1. The van der Waals surface area contributed by atoms with Gasteiger partial charge < -0.3 is 24.4 Å². The van der Waals surface area contributed by atoms with Crippen LogP contribution in [-0.4, -0.2) is 41.0 Å². The maximum absolute atomic E-state index is 5.96. The van der Waals surface area contributed by atoms with Gasteiger partial charge in [0.15, 0.2) is 5.11 Å². The second kappa shape index (κ2) is 10.00. The average Bonchev–Trinajstić information content (AvgIpc) is 3.56. The van der Waals surface area contributed by atoms with Crippen molar-refractivity contribution in [3.05, 3.63) is 108 Å². The summed E-state index contributed by atoms with van der Waals surface area (Å²) in [5.74, 6) is 0. The smallest absolute Gasteiger partial charge is 0.174 e. The molecule has 0 aliphatic carbocycles. The second-order valence-electron chi connectivity index (χ2n) is 9.68. The van der Waals surface area contributed by atoms with E-state index < -0.39 is 0 Å². The molecule has 0 radical (unpaired) electrons. The molecule has 6 rings (SSSR count). The molecule has 1 N–H and O–H groups in total. The number of morpholine rings is 1. The van der Waals surface area contributed by atoms with E-state index >= 15 is 0 Å². The lowest BCUT2D eigenvalue weighted by Crippen LogP contribution is -2.36. The molecule has 37 heavy (non-hydrogen) atoms. The van der Waals surface area contributed by atoms with Crippen molar-refractivity contribution in [3.63, 3.8) is 0 Å². The Morgan fingerprint density at radius 2 is 1.62 bits per heavy atom. The zero-order valence-electron chi connectivity index (χ0n) is 21.2. The number of hydrogen-bond acceptors (Lipinski definition) is 4. The van der Waals surface area contributed by atoms with Gasteiger partial charge in [-0.2, -0.15) is 0 Å². The van der Waals surface area contributed by atoms with Gasteiger partial charge in [-0.1, -0.05) is 12.1 Å². The molecular formula is C30H31N5OS. The van der Waals surface area contributed by atoms with Crippen LogP contribution in [0, 0.1) is 13.8 Å². The number of aromatic nitrogens is 2. The van der Waals surface area contributed by atoms with E-state index in [0.717, 1.165) is 49.1 Å². The van der Waals surface area contributed by atoms with Gasteiger partial charge in [0.25, 0.3) is 0 Å². The first kappa shape index (κ1) is 23.7. The Labute approximate surface area is 223 Å². The molecule has 4 aromatic rings. The number of anilines is 2. The molecule has 2 aromatic carbocycles. The monoisotopic (exact) mass is 509 g/mol. The highest BCUT2D eigenvalue weighted by atomic mass is 32.1. The van der Waals surface area contributed by atoms with Crippen LogP contribution in [-0.2, 0) is 4.74 Å². The first-order chi connectivity index (χ1) is 18.1. The van der Waals surface area contributed by atoms with E-state index in [1.165, 1.54) is 16.8 Å². The molecule has 0 saturated carbocycles. The maximum atomic E-state index is 5.96. The predicted molar refractivity (Wildman–Crippen MR) is 153 cm³/mol. The number of nitrogens with one attached hydrogen (secondary N) is 1. The van der Waals surface area contributed by atoms with Crippen LogP contribution < -0.4 is 15.1 Å². The summed E-state index contributed by atoms with van der Waals surface area (Å²) in [5.41, 5.74) is 8.10.